The Kier molecular flexibility index (Phi) is 12.3. The summed E-state index contributed by atoms with van der Waals surface area (Å²) in [4.78, 5) is 0. The first-order valence-corrected chi connectivity index (χ1v) is 19.7. The second-order valence-corrected chi connectivity index (χ2v) is 16.3. The monoisotopic (exact) mass is 656 g/mol. The van der Waals surface area contributed by atoms with Crippen LogP contribution < -0.4 is 11.5 Å². The fourth-order valence-corrected chi connectivity index (χ4v) is 9.99. The van der Waals surface area contributed by atoms with Gasteiger partial charge in [-0.1, -0.05) is 101 Å². The van der Waals surface area contributed by atoms with Crippen molar-refractivity contribution in [2.45, 2.75) is 165 Å². The van der Waals surface area contributed by atoms with Gasteiger partial charge in [-0.15, -0.1) is 0 Å². The molecule has 2 saturated carbocycles. The number of hydrogen-bond donors (Lipinski definition) is 2. The van der Waals surface area contributed by atoms with Crippen LogP contribution in [0, 0.1) is 23.5 Å². The highest BCUT2D eigenvalue weighted by Gasteiger charge is 2.37. The minimum atomic E-state index is -0.0205. The maximum absolute atomic E-state index is 15.3. The summed E-state index contributed by atoms with van der Waals surface area (Å²) in [6.07, 6.45) is 24.2. The maximum Gasteiger partial charge on any atom is 0.126 e. The molecule has 0 heterocycles. The van der Waals surface area contributed by atoms with E-state index in [-0.39, 0.29) is 23.7 Å². The molecule has 4 aliphatic rings. The zero-order valence-electron chi connectivity index (χ0n) is 29.7. The van der Waals surface area contributed by atoms with Crippen LogP contribution >= 0.6 is 0 Å². The smallest absolute Gasteiger partial charge is 0.126 e. The molecular formula is C44H62F2N2. The molecule has 0 aromatic heterocycles. The molecule has 4 aliphatic carbocycles. The Morgan fingerprint density at radius 1 is 0.562 bits per heavy atom. The predicted octanol–water partition coefficient (Wildman–Crippen LogP) is 11.1. The van der Waals surface area contributed by atoms with Crippen LogP contribution in [0.15, 0.2) is 48.6 Å². The highest BCUT2D eigenvalue weighted by molar-refractivity contribution is 5.42. The molecule has 2 fully saturated rings. The van der Waals surface area contributed by atoms with Crippen LogP contribution in [-0.2, 0) is 25.7 Å². The first-order chi connectivity index (χ1) is 23.3. The number of unbranched alkanes of at least 4 members (excludes halogenated alkanes) is 5. The average molecular weight is 657 g/mol. The third-order valence-electron chi connectivity index (χ3n) is 12.7. The van der Waals surface area contributed by atoms with Crippen LogP contribution in [0.3, 0.4) is 0 Å². The topological polar surface area (TPSA) is 52.0 Å². The Morgan fingerprint density at radius 2 is 0.958 bits per heavy atom. The van der Waals surface area contributed by atoms with Crippen LogP contribution in [0.5, 0.6) is 0 Å². The van der Waals surface area contributed by atoms with Crippen molar-refractivity contribution in [1.29, 1.82) is 0 Å². The van der Waals surface area contributed by atoms with Crippen LogP contribution in [0.2, 0.25) is 0 Å². The van der Waals surface area contributed by atoms with E-state index in [0.29, 0.717) is 23.7 Å². The van der Waals surface area contributed by atoms with Gasteiger partial charge < -0.3 is 11.5 Å². The molecule has 2 aromatic rings. The van der Waals surface area contributed by atoms with Gasteiger partial charge in [0, 0.05) is 12.1 Å². The van der Waals surface area contributed by atoms with Crippen molar-refractivity contribution >= 4 is 0 Å². The van der Waals surface area contributed by atoms with Crippen LogP contribution in [0.1, 0.15) is 161 Å². The molecule has 0 aliphatic heterocycles. The Labute approximate surface area is 290 Å². The SMILES string of the molecule is C=C(CCCCCCCCC(=C)Cc1cc(F)c2c(c1)C1CCCCCC(C2)C1N)Cc1cc(F)c2c(c1)C1CCCCCC(C2)C1N. The standard InChI is InChI=1S/C44H62F2N2/c1-29(21-31-23-37-35-19-13-7-11-17-33(43(35)47)27-39(37)41(45)25-31)15-9-5-3-4-6-10-16-30(2)22-32-24-38-36-20-14-8-12-18-34(44(36)48)28-40(38)42(46)26-32/h23-26,33-36,43-44H,1-22,27-28,47-48H2. The Hall–Kier alpha value is -2.30. The molecule has 6 atom stereocenters. The number of rotatable bonds is 13. The number of benzene rings is 2. The zero-order chi connectivity index (χ0) is 33.6. The predicted molar refractivity (Wildman–Crippen MR) is 197 cm³/mol. The van der Waals surface area contributed by atoms with Gasteiger partial charge in [-0.3, -0.25) is 0 Å². The summed E-state index contributed by atoms with van der Waals surface area (Å²) in [5, 5.41) is 0. The molecule has 0 spiro atoms. The summed E-state index contributed by atoms with van der Waals surface area (Å²) in [5.74, 6) is 1.42. The molecule has 4 N–H and O–H groups in total. The first kappa shape index (κ1) is 35.5. The Morgan fingerprint density at radius 3 is 1.40 bits per heavy atom. The molecular weight excluding hydrogens is 594 g/mol. The number of halogens is 2. The van der Waals surface area contributed by atoms with E-state index in [1.165, 1.54) is 86.5 Å². The third kappa shape index (κ3) is 8.52. The van der Waals surface area contributed by atoms with E-state index in [4.69, 9.17) is 11.5 Å². The number of nitrogens with two attached hydrogens (primary N) is 2. The summed E-state index contributed by atoms with van der Waals surface area (Å²) in [6.45, 7) is 8.73. The number of allylic oxidation sites excluding steroid dienone is 2. The minimum absolute atomic E-state index is 0.0205. The first-order valence-electron chi connectivity index (χ1n) is 19.7. The molecule has 0 amide bonds. The lowest BCUT2D eigenvalue weighted by Crippen LogP contribution is -2.42. The van der Waals surface area contributed by atoms with Crippen LogP contribution in [0.4, 0.5) is 8.78 Å². The molecule has 4 bridgehead atoms. The van der Waals surface area contributed by atoms with Gasteiger partial charge in [0.05, 0.1) is 0 Å². The summed E-state index contributed by atoms with van der Waals surface area (Å²) in [5.41, 5.74) is 22.3. The van der Waals surface area contributed by atoms with Crippen LogP contribution in [0.25, 0.3) is 0 Å². The van der Waals surface area contributed by atoms with E-state index >= 15 is 8.78 Å². The van der Waals surface area contributed by atoms with Gasteiger partial charge in [-0.25, -0.2) is 8.78 Å². The highest BCUT2D eigenvalue weighted by Crippen LogP contribution is 2.44. The van der Waals surface area contributed by atoms with Crippen molar-refractivity contribution in [3.8, 4) is 0 Å². The second-order valence-electron chi connectivity index (χ2n) is 16.3. The van der Waals surface area contributed by atoms with Crippen molar-refractivity contribution in [2.75, 3.05) is 0 Å². The lowest BCUT2D eigenvalue weighted by atomic mass is 9.68. The molecule has 6 rings (SSSR count). The van der Waals surface area contributed by atoms with Crippen molar-refractivity contribution in [2.24, 2.45) is 23.3 Å². The summed E-state index contributed by atoms with van der Waals surface area (Å²) >= 11 is 0. The molecule has 6 unspecified atom stereocenters. The molecule has 0 saturated heterocycles. The Balaban J connectivity index is 0.886. The number of fused-ring (bicyclic) bond motifs is 8. The fraction of sp³-hybridized carbons (Fsp3) is 0.636. The molecule has 0 radical (unpaired) electrons. The van der Waals surface area contributed by atoms with E-state index < -0.39 is 0 Å². The van der Waals surface area contributed by atoms with Gasteiger partial charge in [-0.2, -0.15) is 0 Å². The zero-order valence-corrected chi connectivity index (χ0v) is 29.7. The second kappa shape index (κ2) is 16.6. The third-order valence-corrected chi connectivity index (χ3v) is 12.7. The summed E-state index contributed by atoms with van der Waals surface area (Å²) < 4.78 is 30.6. The molecule has 2 aromatic carbocycles. The average Bonchev–Trinajstić information content (AvgIpc) is 3.04. The highest BCUT2D eigenvalue weighted by atomic mass is 19.1. The van der Waals surface area contributed by atoms with Gasteiger partial charge in [0.2, 0.25) is 0 Å². The van der Waals surface area contributed by atoms with Crippen LogP contribution in [-0.4, -0.2) is 12.1 Å². The van der Waals surface area contributed by atoms with E-state index in [2.05, 4.69) is 25.3 Å². The normalized spacial score (nSPS) is 26.8. The van der Waals surface area contributed by atoms with Gasteiger partial charge in [-0.05, 0) is 146 Å². The lowest BCUT2D eigenvalue weighted by Gasteiger charge is -2.39. The van der Waals surface area contributed by atoms with E-state index in [0.717, 1.165) is 99.3 Å². The maximum atomic E-state index is 15.3. The van der Waals surface area contributed by atoms with Gasteiger partial charge in [0.1, 0.15) is 11.6 Å². The van der Waals surface area contributed by atoms with Crippen molar-refractivity contribution in [3.63, 3.8) is 0 Å². The van der Waals surface area contributed by atoms with Gasteiger partial charge in [0.15, 0.2) is 0 Å². The summed E-state index contributed by atoms with van der Waals surface area (Å²) in [7, 11) is 0. The van der Waals surface area contributed by atoms with Gasteiger partial charge >= 0.3 is 0 Å². The van der Waals surface area contributed by atoms with E-state index in [9.17, 15) is 0 Å². The van der Waals surface area contributed by atoms with Crippen molar-refractivity contribution in [1.82, 2.24) is 0 Å². The lowest BCUT2D eigenvalue weighted by molar-refractivity contribution is 0.274. The van der Waals surface area contributed by atoms with Crippen molar-refractivity contribution in [3.05, 3.63) is 93.6 Å². The molecule has 262 valence electrons. The summed E-state index contributed by atoms with van der Waals surface area (Å²) in [6, 6.07) is 8.43. The fourth-order valence-electron chi connectivity index (χ4n) is 9.99. The largest absolute Gasteiger partial charge is 0.327 e. The minimum Gasteiger partial charge on any atom is -0.327 e. The number of hydrogen-bond acceptors (Lipinski definition) is 2. The van der Waals surface area contributed by atoms with E-state index in [1.54, 1.807) is 12.1 Å². The van der Waals surface area contributed by atoms with Crippen molar-refractivity contribution < 1.29 is 8.78 Å². The molecule has 4 heteroatoms. The Bertz CT molecular complexity index is 1320. The molecule has 48 heavy (non-hydrogen) atoms. The quantitative estimate of drug-likeness (QED) is 0.166. The molecule has 2 nitrogen and oxygen atoms in total. The van der Waals surface area contributed by atoms with E-state index in [1.807, 2.05) is 0 Å². The van der Waals surface area contributed by atoms with Gasteiger partial charge in [0.25, 0.3) is 0 Å².